The number of carbonyl (C=O) groups excluding carboxylic acids is 1. The van der Waals surface area contributed by atoms with Crippen LogP contribution in [0.2, 0.25) is 0 Å². The van der Waals surface area contributed by atoms with Crippen LogP contribution in [-0.4, -0.2) is 34.9 Å². The summed E-state index contributed by atoms with van der Waals surface area (Å²) in [4.78, 5) is 12.4. The summed E-state index contributed by atoms with van der Waals surface area (Å²) in [5.41, 5.74) is 0. The van der Waals surface area contributed by atoms with Crippen LogP contribution in [-0.2, 0) is 4.79 Å². The summed E-state index contributed by atoms with van der Waals surface area (Å²) < 4.78 is 0. The molecule has 0 aliphatic rings. The first kappa shape index (κ1) is 54.1. The molecule has 0 aliphatic heterocycles. The van der Waals surface area contributed by atoms with Crippen molar-refractivity contribution in [3.8, 4) is 0 Å². The van der Waals surface area contributed by atoms with Crippen LogP contribution in [0, 0.1) is 0 Å². The van der Waals surface area contributed by atoms with E-state index < -0.39 is 12.1 Å². The number of nitrogens with one attached hydrogen (secondary N) is 1. The van der Waals surface area contributed by atoms with E-state index in [2.05, 4.69) is 79.9 Å². The summed E-state index contributed by atoms with van der Waals surface area (Å²) in [5, 5.41) is 23.1. The second kappa shape index (κ2) is 47.5. The van der Waals surface area contributed by atoms with Gasteiger partial charge in [-0.3, -0.25) is 4.79 Å². The van der Waals surface area contributed by atoms with Gasteiger partial charge >= 0.3 is 0 Å². The van der Waals surface area contributed by atoms with Crippen molar-refractivity contribution in [2.45, 2.75) is 257 Å². The molecule has 0 saturated carbocycles. The second-order valence-corrected chi connectivity index (χ2v) is 16.5. The Morgan fingerprint density at radius 1 is 0.446 bits per heavy atom. The number of rotatable bonds is 44. The maximum Gasteiger partial charge on any atom is 0.220 e. The van der Waals surface area contributed by atoms with E-state index in [4.69, 9.17) is 0 Å². The lowest BCUT2D eigenvalue weighted by Crippen LogP contribution is -2.45. The average Bonchev–Trinajstić information content (AvgIpc) is 3.20. The van der Waals surface area contributed by atoms with E-state index in [1.165, 1.54) is 161 Å². The van der Waals surface area contributed by atoms with E-state index in [1.807, 2.05) is 0 Å². The third-order valence-electron chi connectivity index (χ3n) is 11.0. The molecule has 0 radical (unpaired) electrons. The van der Waals surface area contributed by atoms with E-state index in [-0.39, 0.29) is 12.5 Å². The normalized spacial score (nSPS) is 13.4. The Kier molecular flexibility index (Phi) is 45.8. The number of aliphatic hydroxyl groups excluding tert-OH is 2. The minimum absolute atomic E-state index is 0.0328. The van der Waals surface area contributed by atoms with Crippen LogP contribution in [0.1, 0.15) is 245 Å². The largest absolute Gasteiger partial charge is 0.394 e. The minimum Gasteiger partial charge on any atom is -0.394 e. The molecule has 0 aromatic rings. The first-order valence-electron chi connectivity index (χ1n) is 24.5. The number of amides is 1. The zero-order valence-corrected chi connectivity index (χ0v) is 37.4. The molecule has 1 amide bonds. The fourth-order valence-corrected chi connectivity index (χ4v) is 7.33. The van der Waals surface area contributed by atoms with Crippen LogP contribution in [0.5, 0.6) is 0 Å². The summed E-state index contributed by atoms with van der Waals surface area (Å²) in [6, 6.07) is -0.534. The molecule has 0 saturated heterocycles. The highest BCUT2D eigenvalue weighted by Gasteiger charge is 2.20. The Labute approximate surface area is 349 Å². The molecule has 0 spiro atoms. The third-order valence-corrected chi connectivity index (χ3v) is 11.0. The zero-order chi connectivity index (χ0) is 40.7. The van der Waals surface area contributed by atoms with Crippen molar-refractivity contribution in [1.82, 2.24) is 5.32 Å². The number of allylic oxidation sites excluding steroid dienone is 10. The van der Waals surface area contributed by atoms with E-state index in [0.29, 0.717) is 12.8 Å². The van der Waals surface area contributed by atoms with Gasteiger partial charge in [0.1, 0.15) is 0 Å². The van der Waals surface area contributed by atoms with Crippen molar-refractivity contribution in [3.05, 3.63) is 60.8 Å². The van der Waals surface area contributed by atoms with E-state index in [0.717, 1.165) is 57.8 Å². The first-order chi connectivity index (χ1) is 27.7. The van der Waals surface area contributed by atoms with Gasteiger partial charge in [-0.2, -0.15) is 0 Å². The second-order valence-electron chi connectivity index (χ2n) is 16.5. The lowest BCUT2D eigenvalue weighted by atomic mass is 10.0. The van der Waals surface area contributed by atoms with Gasteiger partial charge in [0.25, 0.3) is 0 Å². The standard InChI is InChI=1S/C52H95NO3/c1-3-5-7-9-11-13-14-15-16-17-18-19-20-21-22-23-24-25-26-27-28-29-30-31-32-33-34-35-36-37-38-40-42-44-46-48-52(56)53-50(49-54)51(55)47-45-43-41-39-12-10-8-6-4-2/h5,7,11,13,15-16,18-19,21-22,50-51,54-55H,3-4,6,8-10,12,14,17,20,23-49H2,1-2H3,(H,53,56)/b7-5-,13-11-,16-15-,19-18-,22-21-. The SMILES string of the molecule is CC/C=C\C/C=C\C/C=C\C/C=C\C/C=C\CCCCCCCCCCCCCCCCCCCCCC(=O)NC(CO)C(O)CCCCCCCCCCC. The van der Waals surface area contributed by atoms with E-state index >= 15 is 0 Å². The van der Waals surface area contributed by atoms with Crippen molar-refractivity contribution in [2.75, 3.05) is 6.61 Å². The third kappa shape index (κ3) is 43.2. The predicted molar refractivity (Wildman–Crippen MR) is 248 cm³/mol. The molecule has 0 rings (SSSR count). The Bertz CT molecular complexity index is 934. The highest BCUT2D eigenvalue weighted by atomic mass is 16.3. The molecule has 0 fully saturated rings. The quantitative estimate of drug-likeness (QED) is 0.0426. The molecule has 2 unspecified atom stereocenters. The van der Waals surface area contributed by atoms with Crippen LogP contribution in [0.3, 0.4) is 0 Å². The van der Waals surface area contributed by atoms with Gasteiger partial charge in [0.05, 0.1) is 18.8 Å². The highest BCUT2D eigenvalue weighted by molar-refractivity contribution is 5.76. The maximum atomic E-state index is 12.4. The van der Waals surface area contributed by atoms with Crippen LogP contribution in [0.4, 0.5) is 0 Å². The van der Waals surface area contributed by atoms with Gasteiger partial charge in [0.2, 0.25) is 5.91 Å². The molecule has 0 bridgehead atoms. The minimum atomic E-state index is -0.656. The lowest BCUT2D eigenvalue weighted by Gasteiger charge is -2.22. The van der Waals surface area contributed by atoms with Gasteiger partial charge < -0.3 is 15.5 Å². The monoisotopic (exact) mass is 782 g/mol. The molecule has 326 valence electrons. The van der Waals surface area contributed by atoms with Gasteiger partial charge in [0.15, 0.2) is 0 Å². The van der Waals surface area contributed by atoms with Crippen LogP contribution in [0.15, 0.2) is 60.8 Å². The van der Waals surface area contributed by atoms with Gasteiger partial charge in [-0.15, -0.1) is 0 Å². The van der Waals surface area contributed by atoms with Gasteiger partial charge in [-0.1, -0.05) is 242 Å². The van der Waals surface area contributed by atoms with Gasteiger partial charge in [-0.25, -0.2) is 0 Å². The summed E-state index contributed by atoms with van der Waals surface area (Å²) in [6.45, 7) is 4.22. The number of aliphatic hydroxyl groups is 2. The summed E-state index contributed by atoms with van der Waals surface area (Å²) in [7, 11) is 0. The number of hydrogen-bond acceptors (Lipinski definition) is 3. The Balaban J connectivity index is 3.41. The molecule has 56 heavy (non-hydrogen) atoms. The van der Waals surface area contributed by atoms with E-state index in [1.54, 1.807) is 0 Å². The summed E-state index contributed by atoms with van der Waals surface area (Å²) >= 11 is 0. The molecule has 0 aromatic carbocycles. The van der Waals surface area contributed by atoms with Crippen molar-refractivity contribution >= 4 is 5.91 Å². The average molecular weight is 782 g/mol. The van der Waals surface area contributed by atoms with Crippen LogP contribution in [0.25, 0.3) is 0 Å². The molecular formula is C52H95NO3. The number of hydrogen-bond donors (Lipinski definition) is 3. The van der Waals surface area contributed by atoms with Crippen molar-refractivity contribution in [2.24, 2.45) is 0 Å². The van der Waals surface area contributed by atoms with Crippen molar-refractivity contribution in [3.63, 3.8) is 0 Å². The smallest absolute Gasteiger partial charge is 0.220 e. The van der Waals surface area contributed by atoms with Gasteiger partial charge in [-0.05, 0) is 57.8 Å². The summed E-state index contributed by atoms with van der Waals surface area (Å²) in [5.74, 6) is -0.0328. The van der Waals surface area contributed by atoms with Gasteiger partial charge in [0, 0.05) is 6.42 Å². The fourth-order valence-electron chi connectivity index (χ4n) is 7.33. The molecule has 0 aromatic heterocycles. The molecule has 2 atom stereocenters. The maximum absolute atomic E-state index is 12.4. The molecule has 4 heteroatoms. The summed E-state index contributed by atoms with van der Waals surface area (Å²) in [6.07, 6.45) is 66.2. The molecule has 0 heterocycles. The van der Waals surface area contributed by atoms with Crippen LogP contribution < -0.4 is 5.32 Å². The Morgan fingerprint density at radius 3 is 1.18 bits per heavy atom. The zero-order valence-electron chi connectivity index (χ0n) is 37.4. The lowest BCUT2D eigenvalue weighted by molar-refractivity contribution is -0.123. The fraction of sp³-hybridized carbons (Fsp3) is 0.788. The topological polar surface area (TPSA) is 69.6 Å². The van der Waals surface area contributed by atoms with Crippen LogP contribution >= 0.6 is 0 Å². The Hall–Kier alpha value is -1.91. The predicted octanol–water partition coefficient (Wildman–Crippen LogP) is 15.7. The molecule has 0 aliphatic carbocycles. The number of unbranched alkanes of at least 4 members (excludes halogenated alkanes) is 27. The number of carbonyl (C=O) groups is 1. The van der Waals surface area contributed by atoms with Crippen molar-refractivity contribution in [1.29, 1.82) is 0 Å². The molecule has 4 nitrogen and oxygen atoms in total. The molecular weight excluding hydrogens is 687 g/mol. The molecule has 3 N–H and O–H groups in total. The highest BCUT2D eigenvalue weighted by Crippen LogP contribution is 2.16. The first-order valence-corrected chi connectivity index (χ1v) is 24.5. The van der Waals surface area contributed by atoms with Crippen molar-refractivity contribution < 1.29 is 15.0 Å². The Morgan fingerprint density at radius 2 is 0.786 bits per heavy atom. The van der Waals surface area contributed by atoms with E-state index in [9.17, 15) is 15.0 Å².